The van der Waals surface area contributed by atoms with Gasteiger partial charge in [0.1, 0.15) is 49.3 Å². The van der Waals surface area contributed by atoms with Crippen molar-refractivity contribution < 1.29 is 52.2 Å². The maximum Gasteiger partial charge on any atom is 0.246 e. The summed E-state index contributed by atoms with van der Waals surface area (Å²) in [6, 6.07) is 69.6. The highest BCUT2D eigenvalue weighted by Gasteiger charge is 2.62. The van der Waals surface area contributed by atoms with Gasteiger partial charge >= 0.3 is 0 Å². The molecule has 0 aliphatic carbocycles. The van der Waals surface area contributed by atoms with Crippen LogP contribution in [0.3, 0.4) is 0 Å². The van der Waals surface area contributed by atoms with E-state index in [9.17, 15) is 4.79 Å². The SMILES string of the molecule is C=C(C)C(=O)NC[C@H]1O[C@@](COCc2ccccc2)(O[C@H]2O[C@H](COCc3ccccc3)[C@@H](OCc3ccccc3)[C@H](OCc3ccccc3)[C@H]2OCc2ccccc2)[C@@H](OCc2ccccc2)[C@@H]1OCc1ccccc1. The lowest BCUT2D eigenvalue weighted by atomic mass is 9.97. The van der Waals surface area contributed by atoms with Crippen LogP contribution in [0.1, 0.15) is 45.9 Å². The van der Waals surface area contributed by atoms with Gasteiger partial charge in [-0.2, -0.15) is 0 Å². The van der Waals surface area contributed by atoms with Crippen molar-refractivity contribution in [1.82, 2.24) is 5.32 Å². The van der Waals surface area contributed by atoms with Gasteiger partial charge in [-0.15, -0.1) is 0 Å². The Hall–Kier alpha value is -6.65. The fraction of sp³-hybridized carbons (Fsp3) is 0.308. The van der Waals surface area contributed by atoms with Gasteiger partial charge in [0, 0.05) is 12.1 Å². The molecule has 0 radical (unpaired) electrons. The molecule has 400 valence electrons. The predicted octanol–water partition coefficient (Wildman–Crippen LogP) is 10.9. The molecule has 0 spiro atoms. The largest absolute Gasteiger partial charge is 0.374 e. The van der Waals surface area contributed by atoms with Crippen molar-refractivity contribution in [2.24, 2.45) is 0 Å². The van der Waals surface area contributed by atoms with E-state index in [2.05, 4.69) is 11.9 Å². The zero-order valence-electron chi connectivity index (χ0n) is 43.6. The molecule has 7 aromatic carbocycles. The van der Waals surface area contributed by atoms with Crippen molar-refractivity contribution >= 4 is 5.91 Å². The maximum absolute atomic E-state index is 13.3. The standard InChI is InChI=1S/C65H69NO11/c1-48(2)63(67)66-38-56-59(71-42-52-30-16-6-17-31-52)62(74-45-55-36-22-9-23-37-55)65(76-56,47-69-40-50-26-12-4-13-27-50)77-64-61(73-44-54-34-20-8-21-35-54)60(72-43-53-32-18-7-19-33-53)58(70-41-51-28-14-5-15-29-51)57(75-64)46-68-39-49-24-10-3-11-25-49/h3-37,56-62,64H,1,38-47H2,2H3,(H,66,67)/t56-,57-,58-,59-,60+,61-,62+,64-,65+/m1/s1. The topological polar surface area (TPSA) is 121 Å². The van der Waals surface area contributed by atoms with Crippen LogP contribution in [0, 0.1) is 0 Å². The minimum absolute atomic E-state index is 0.0216. The summed E-state index contributed by atoms with van der Waals surface area (Å²) < 4.78 is 70.9. The Bertz CT molecular complexity index is 2800. The van der Waals surface area contributed by atoms with Crippen LogP contribution in [0.5, 0.6) is 0 Å². The van der Waals surface area contributed by atoms with Crippen molar-refractivity contribution in [1.29, 1.82) is 0 Å². The number of hydrogen-bond acceptors (Lipinski definition) is 11. The summed E-state index contributed by atoms with van der Waals surface area (Å²) in [7, 11) is 0. The number of nitrogens with one attached hydrogen (secondary N) is 1. The van der Waals surface area contributed by atoms with Gasteiger partial charge in [-0.25, -0.2) is 0 Å². The third-order valence-corrected chi connectivity index (χ3v) is 13.4. The third-order valence-electron chi connectivity index (χ3n) is 13.4. The predicted molar refractivity (Wildman–Crippen MR) is 292 cm³/mol. The monoisotopic (exact) mass is 1040 g/mol. The molecule has 0 bridgehead atoms. The fourth-order valence-electron chi connectivity index (χ4n) is 9.45. The summed E-state index contributed by atoms with van der Waals surface area (Å²) in [5.74, 6) is -2.13. The lowest BCUT2D eigenvalue weighted by Crippen LogP contribution is -2.64. The molecule has 0 aromatic heterocycles. The number of benzene rings is 7. The first-order valence-corrected chi connectivity index (χ1v) is 26.3. The van der Waals surface area contributed by atoms with Crippen LogP contribution in [-0.2, 0) is 98.4 Å². The van der Waals surface area contributed by atoms with Crippen molar-refractivity contribution in [3.63, 3.8) is 0 Å². The molecule has 2 fully saturated rings. The second-order valence-electron chi connectivity index (χ2n) is 19.4. The van der Waals surface area contributed by atoms with Gasteiger partial charge in [-0.05, 0) is 45.9 Å². The van der Waals surface area contributed by atoms with Gasteiger partial charge < -0.3 is 52.7 Å². The number of carbonyl (C=O) groups is 1. The Kier molecular flexibility index (Phi) is 20.5. The highest BCUT2D eigenvalue weighted by atomic mass is 16.8. The smallest absolute Gasteiger partial charge is 0.246 e. The highest BCUT2D eigenvalue weighted by molar-refractivity contribution is 5.92. The first-order chi connectivity index (χ1) is 37.9. The number of rotatable bonds is 28. The fourth-order valence-corrected chi connectivity index (χ4v) is 9.45. The molecule has 9 atom stereocenters. The van der Waals surface area contributed by atoms with E-state index in [0.29, 0.717) is 12.2 Å². The van der Waals surface area contributed by atoms with Crippen LogP contribution in [0.4, 0.5) is 0 Å². The Balaban J connectivity index is 1.15. The van der Waals surface area contributed by atoms with E-state index in [1.54, 1.807) is 6.92 Å². The van der Waals surface area contributed by atoms with Crippen LogP contribution in [0.25, 0.3) is 0 Å². The molecule has 12 nitrogen and oxygen atoms in total. The van der Waals surface area contributed by atoms with E-state index in [1.807, 2.05) is 212 Å². The number of amides is 1. The molecule has 1 amide bonds. The van der Waals surface area contributed by atoms with E-state index < -0.39 is 54.8 Å². The summed E-state index contributed by atoms with van der Waals surface area (Å²) >= 11 is 0. The Morgan fingerprint density at radius 1 is 0.455 bits per heavy atom. The lowest BCUT2D eigenvalue weighted by Gasteiger charge is -2.48. The van der Waals surface area contributed by atoms with Crippen molar-refractivity contribution in [2.45, 2.75) is 108 Å². The van der Waals surface area contributed by atoms with E-state index in [4.69, 9.17) is 47.4 Å². The molecule has 77 heavy (non-hydrogen) atoms. The summed E-state index contributed by atoms with van der Waals surface area (Å²) in [5, 5.41) is 3.03. The van der Waals surface area contributed by atoms with Gasteiger partial charge in [-0.3, -0.25) is 4.79 Å². The van der Waals surface area contributed by atoms with E-state index >= 15 is 0 Å². The average molecular weight is 1040 g/mol. The molecule has 9 rings (SSSR count). The van der Waals surface area contributed by atoms with E-state index in [0.717, 1.165) is 38.9 Å². The van der Waals surface area contributed by atoms with Gasteiger partial charge in [0.05, 0.1) is 52.9 Å². The number of ether oxygens (including phenoxy) is 10. The first kappa shape index (κ1) is 55.1. The molecule has 2 aliphatic heterocycles. The Morgan fingerprint density at radius 3 is 1.25 bits per heavy atom. The third kappa shape index (κ3) is 16.0. The quantitative estimate of drug-likeness (QED) is 0.0472. The highest BCUT2D eigenvalue weighted by Crippen LogP contribution is 2.42. The van der Waals surface area contributed by atoms with Gasteiger partial charge in [0.15, 0.2) is 6.29 Å². The second kappa shape index (κ2) is 28.6. The van der Waals surface area contributed by atoms with Crippen molar-refractivity contribution in [2.75, 3.05) is 19.8 Å². The molecule has 2 saturated heterocycles. The van der Waals surface area contributed by atoms with Crippen molar-refractivity contribution in [3.8, 4) is 0 Å². The molecule has 7 aromatic rings. The zero-order chi connectivity index (χ0) is 52.9. The van der Waals surface area contributed by atoms with Crippen LogP contribution in [-0.4, -0.2) is 80.5 Å². The molecule has 1 N–H and O–H groups in total. The number of carbonyl (C=O) groups excluding carboxylic acids is 1. The van der Waals surface area contributed by atoms with Crippen molar-refractivity contribution in [3.05, 3.63) is 263 Å². The summed E-state index contributed by atoms with van der Waals surface area (Å²) in [5.41, 5.74) is 6.97. The van der Waals surface area contributed by atoms with Crippen LogP contribution in [0.2, 0.25) is 0 Å². The Labute approximate surface area is 452 Å². The lowest BCUT2D eigenvalue weighted by molar-refractivity contribution is -0.398. The minimum Gasteiger partial charge on any atom is -0.374 e. The number of hydrogen-bond donors (Lipinski definition) is 1. The molecule has 2 aliphatic rings. The molecular weight excluding hydrogens is 971 g/mol. The van der Waals surface area contributed by atoms with Crippen LogP contribution >= 0.6 is 0 Å². The average Bonchev–Trinajstić information content (AvgIpc) is 3.76. The van der Waals surface area contributed by atoms with Gasteiger partial charge in [-0.1, -0.05) is 219 Å². The minimum atomic E-state index is -1.79. The van der Waals surface area contributed by atoms with E-state index in [-0.39, 0.29) is 65.3 Å². The summed E-state index contributed by atoms with van der Waals surface area (Å²) in [6.45, 7) is 7.03. The van der Waals surface area contributed by atoms with Crippen LogP contribution < -0.4 is 5.32 Å². The molecular formula is C65H69NO11. The summed E-state index contributed by atoms with van der Waals surface area (Å²) in [4.78, 5) is 13.3. The molecule has 12 heteroatoms. The molecule has 0 saturated carbocycles. The van der Waals surface area contributed by atoms with Crippen LogP contribution in [0.15, 0.2) is 224 Å². The second-order valence-corrected chi connectivity index (χ2v) is 19.4. The van der Waals surface area contributed by atoms with Gasteiger partial charge in [0.2, 0.25) is 11.7 Å². The zero-order valence-corrected chi connectivity index (χ0v) is 43.6. The molecule has 2 heterocycles. The molecule has 0 unspecified atom stereocenters. The summed E-state index contributed by atoms with van der Waals surface area (Å²) in [6.07, 6.45) is -7.26. The Morgan fingerprint density at radius 2 is 0.818 bits per heavy atom. The van der Waals surface area contributed by atoms with Gasteiger partial charge in [0.25, 0.3) is 0 Å². The maximum atomic E-state index is 13.3. The first-order valence-electron chi connectivity index (χ1n) is 26.3. The normalized spacial score (nSPS) is 23.1. The van der Waals surface area contributed by atoms with E-state index in [1.165, 1.54) is 0 Å².